The van der Waals surface area contributed by atoms with Crippen LogP contribution in [0.2, 0.25) is 0 Å². The number of hydrogen-bond acceptors (Lipinski definition) is 3. The Hall–Kier alpha value is -2.82. The van der Waals surface area contributed by atoms with Gasteiger partial charge in [-0.3, -0.25) is 9.59 Å². The molecule has 150 valence electrons. The van der Waals surface area contributed by atoms with Crippen LogP contribution in [0.5, 0.6) is 5.75 Å². The molecule has 1 N–H and O–H groups in total. The lowest BCUT2D eigenvalue weighted by molar-refractivity contribution is -0.142. The highest BCUT2D eigenvalue weighted by Crippen LogP contribution is 2.31. The van der Waals surface area contributed by atoms with Crippen LogP contribution in [0.15, 0.2) is 54.6 Å². The average Bonchev–Trinajstić information content (AvgIpc) is 2.69. The first-order valence-electron chi connectivity index (χ1n) is 9.51. The van der Waals surface area contributed by atoms with Gasteiger partial charge >= 0.3 is 0 Å². The predicted molar refractivity (Wildman–Crippen MR) is 111 cm³/mol. The number of nitrogens with zero attached hydrogens (tertiary/aromatic N) is 1. The minimum atomic E-state index is -0.598. The average molecular weight is 383 g/mol. The van der Waals surface area contributed by atoms with Crippen LogP contribution in [0.1, 0.15) is 38.8 Å². The highest BCUT2D eigenvalue weighted by atomic mass is 16.5. The van der Waals surface area contributed by atoms with Crippen LogP contribution in [0.4, 0.5) is 0 Å². The van der Waals surface area contributed by atoms with Crippen molar-refractivity contribution in [3.05, 3.63) is 65.7 Å². The third kappa shape index (κ3) is 5.59. The number of carbonyl (C=O) groups excluding carboxylic acids is 2. The van der Waals surface area contributed by atoms with E-state index < -0.39 is 6.04 Å². The molecule has 2 rings (SSSR count). The van der Waals surface area contributed by atoms with Crippen LogP contribution >= 0.6 is 0 Å². The molecule has 0 aliphatic rings. The summed E-state index contributed by atoms with van der Waals surface area (Å²) < 4.78 is 5.88. The Morgan fingerprint density at radius 3 is 2.25 bits per heavy atom. The lowest BCUT2D eigenvalue weighted by Gasteiger charge is -2.29. The zero-order valence-corrected chi connectivity index (χ0v) is 17.4. The molecule has 0 radical (unpaired) electrons. The van der Waals surface area contributed by atoms with E-state index in [0.29, 0.717) is 12.3 Å². The molecule has 2 aromatic rings. The first-order valence-corrected chi connectivity index (χ1v) is 9.51. The van der Waals surface area contributed by atoms with Crippen LogP contribution in [-0.2, 0) is 21.5 Å². The molecule has 0 saturated heterocycles. The van der Waals surface area contributed by atoms with Crippen LogP contribution < -0.4 is 10.1 Å². The highest BCUT2D eigenvalue weighted by Gasteiger charge is 2.26. The minimum Gasteiger partial charge on any atom is -0.483 e. The SMILES string of the molecule is CNC(=O)C(C)N(Cc1ccccc1)C(=O)COc1ccccc1C(C)(C)C. The lowest BCUT2D eigenvalue weighted by Crippen LogP contribution is -2.48. The van der Waals surface area contributed by atoms with Crippen molar-refractivity contribution < 1.29 is 14.3 Å². The van der Waals surface area contributed by atoms with E-state index in [1.165, 1.54) is 0 Å². The van der Waals surface area contributed by atoms with Crippen LogP contribution in [0.25, 0.3) is 0 Å². The summed E-state index contributed by atoms with van der Waals surface area (Å²) >= 11 is 0. The lowest BCUT2D eigenvalue weighted by atomic mass is 9.86. The monoisotopic (exact) mass is 382 g/mol. The number of rotatable bonds is 7. The van der Waals surface area contributed by atoms with E-state index in [1.807, 2.05) is 54.6 Å². The van der Waals surface area contributed by atoms with Crippen molar-refractivity contribution in [2.75, 3.05) is 13.7 Å². The molecule has 0 aliphatic carbocycles. The summed E-state index contributed by atoms with van der Waals surface area (Å²) in [5.41, 5.74) is 1.90. The number of para-hydroxylation sites is 1. The molecular formula is C23H30N2O3. The van der Waals surface area contributed by atoms with Crippen molar-refractivity contribution in [2.24, 2.45) is 0 Å². The molecule has 0 aliphatic heterocycles. The maximum atomic E-state index is 13.0. The molecule has 0 saturated carbocycles. The first kappa shape index (κ1) is 21.5. The Morgan fingerprint density at radius 1 is 1.04 bits per heavy atom. The number of amides is 2. The van der Waals surface area contributed by atoms with E-state index in [-0.39, 0.29) is 23.8 Å². The fourth-order valence-electron chi connectivity index (χ4n) is 3.01. The molecule has 0 spiro atoms. The molecule has 2 amide bonds. The third-order valence-electron chi connectivity index (χ3n) is 4.66. The molecule has 5 nitrogen and oxygen atoms in total. The van der Waals surface area contributed by atoms with E-state index in [1.54, 1.807) is 18.9 Å². The molecule has 0 aromatic heterocycles. The second-order valence-electron chi connectivity index (χ2n) is 7.83. The van der Waals surface area contributed by atoms with Crippen molar-refractivity contribution in [1.29, 1.82) is 0 Å². The molecule has 28 heavy (non-hydrogen) atoms. The Balaban J connectivity index is 2.18. The standard InChI is InChI=1S/C23H30N2O3/c1-17(22(27)24-5)25(15-18-11-7-6-8-12-18)21(26)16-28-20-14-10-9-13-19(20)23(2,3)4/h6-14,17H,15-16H2,1-5H3,(H,24,27). The summed E-state index contributed by atoms with van der Waals surface area (Å²) in [6.45, 7) is 8.26. The molecule has 0 fully saturated rings. The van der Waals surface area contributed by atoms with Crippen LogP contribution in [0.3, 0.4) is 0 Å². The molecule has 1 atom stereocenters. The maximum absolute atomic E-state index is 13.0. The van der Waals surface area contributed by atoms with Gasteiger partial charge in [0.15, 0.2) is 6.61 Å². The topological polar surface area (TPSA) is 58.6 Å². The number of benzene rings is 2. The van der Waals surface area contributed by atoms with Crippen LogP contribution in [-0.4, -0.2) is 36.4 Å². The van der Waals surface area contributed by atoms with Crippen molar-refractivity contribution in [3.63, 3.8) is 0 Å². The first-order chi connectivity index (χ1) is 13.2. The molecule has 2 aromatic carbocycles. The molecule has 0 heterocycles. The van der Waals surface area contributed by atoms with E-state index in [2.05, 4.69) is 26.1 Å². The van der Waals surface area contributed by atoms with Gasteiger partial charge in [-0.15, -0.1) is 0 Å². The van der Waals surface area contributed by atoms with Gasteiger partial charge in [-0.2, -0.15) is 0 Å². The van der Waals surface area contributed by atoms with Gasteiger partial charge in [-0.05, 0) is 29.5 Å². The zero-order chi connectivity index (χ0) is 20.7. The summed E-state index contributed by atoms with van der Waals surface area (Å²) in [4.78, 5) is 26.7. The maximum Gasteiger partial charge on any atom is 0.261 e. The molecule has 0 bridgehead atoms. The van der Waals surface area contributed by atoms with Gasteiger partial charge < -0.3 is 15.0 Å². The number of carbonyl (C=O) groups is 2. The second kappa shape index (κ2) is 9.40. The largest absolute Gasteiger partial charge is 0.483 e. The van der Waals surface area contributed by atoms with Crippen molar-refractivity contribution in [3.8, 4) is 5.75 Å². The highest BCUT2D eigenvalue weighted by molar-refractivity contribution is 5.87. The normalized spacial score (nSPS) is 12.2. The van der Waals surface area contributed by atoms with E-state index in [0.717, 1.165) is 11.1 Å². The fourth-order valence-corrected chi connectivity index (χ4v) is 3.01. The molecule has 5 heteroatoms. The van der Waals surface area contributed by atoms with E-state index >= 15 is 0 Å². The number of ether oxygens (including phenoxy) is 1. The predicted octanol–water partition coefficient (Wildman–Crippen LogP) is 3.53. The van der Waals surface area contributed by atoms with Gasteiger partial charge in [0, 0.05) is 13.6 Å². The number of hydrogen-bond donors (Lipinski definition) is 1. The summed E-state index contributed by atoms with van der Waals surface area (Å²) in [5, 5.41) is 2.62. The Kier molecular flexibility index (Phi) is 7.21. The number of likely N-dealkylation sites (N-methyl/N-ethyl adjacent to an activating group) is 1. The third-order valence-corrected chi connectivity index (χ3v) is 4.66. The van der Waals surface area contributed by atoms with E-state index in [9.17, 15) is 9.59 Å². The van der Waals surface area contributed by atoms with Crippen LogP contribution in [0, 0.1) is 0 Å². The van der Waals surface area contributed by atoms with Gasteiger partial charge in [0.2, 0.25) is 5.91 Å². The van der Waals surface area contributed by atoms with Gasteiger partial charge in [-0.25, -0.2) is 0 Å². The van der Waals surface area contributed by atoms with Crippen molar-refractivity contribution in [2.45, 2.75) is 45.7 Å². The van der Waals surface area contributed by atoms with E-state index in [4.69, 9.17) is 4.74 Å². The quantitative estimate of drug-likeness (QED) is 0.797. The zero-order valence-electron chi connectivity index (χ0n) is 17.4. The number of nitrogens with one attached hydrogen (secondary N) is 1. The van der Waals surface area contributed by atoms with Gasteiger partial charge in [-0.1, -0.05) is 69.3 Å². The Labute approximate surface area is 167 Å². The van der Waals surface area contributed by atoms with Crippen molar-refractivity contribution >= 4 is 11.8 Å². The molecule has 1 unspecified atom stereocenters. The Bertz CT molecular complexity index is 797. The summed E-state index contributed by atoms with van der Waals surface area (Å²) in [5.74, 6) is 0.249. The minimum absolute atomic E-state index is 0.0985. The van der Waals surface area contributed by atoms with Gasteiger partial charge in [0.05, 0.1) is 0 Å². The van der Waals surface area contributed by atoms with Crippen molar-refractivity contribution in [1.82, 2.24) is 10.2 Å². The van der Waals surface area contributed by atoms with Gasteiger partial charge in [0.25, 0.3) is 5.91 Å². The summed E-state index contributed by atoms with van der Waals surface area (Å²) in [6, 6.07) is 16.8. The fraction of sp³-hybridized carbons (Fsp3) is 0.391. The second-order valence-corrected chi connectivity index (χ2v) is 7.83. The summed E-state index contributed by atoms with van der Waals surface area (Å²) in [7, 11) is 1.57. The Morgan fingerprint density at radius 2 is 1.64 bits per heavy atom. The van der Waals surface area contributed by atoms with Gasteiger partial charge in [0.1, 0.15) is 11.8 Å². The summed E-state index contributed by atoms with van der Waals surface area (Å²) in [6.07, 6.45) is 0. The smallest absolute Gasteiger partial charge is 0.261 e. The molecular weight excluding hydrogens is 352 g/mol.